The van der Waals surface area contributed by atoms with Gasteiger partial charge in [0.1, 0.15) is 5.52 Å². The molecule has 0 fully saturated rings. The molecule has 0 atom stereocenters. The third-order valence-corrected chi connectivity index (χ3v) is 1.93. The molecule has 1 heterocycles. The van der Waals surface area contributed by atoms with Crippen LogP contribution in [-0.4, -0.2) is 16.5 Å². The molecule has 3 nitrogen and oxygen atoms in total. The van der Waals surface area contributed by atoms with Crippen LogP contribution in [0.25, 0.3) is 10.9 Å². The second kappa shape index (κ2) is 3.55. The monoisotopic (exact) mass is 229 g/mol. The second-order valence-electron chi connectivity index (χ2n) is 3.04. The van der Waals surface area contributed by atoms with E-state index in [1.165, 1.54) is 12.3 Å². The summed E-state index contributed by atoms with van der Waals surface area (Å²) < 4.78 is 40.0. The summed E-state index contributed by atoms with van der Waals surface area (Å²) in [5.74, 6) is -1.27. The van der Waals surface area contributed by atoms with Crippen molar-refractivity contribution in [1.29, 1.82) is 0 Å². The lowest BCUT2D eigenvalue weighted by molar-refractivity contribution is -0.274. The van der Waals surface area contributed by atoms with Gasteiger partial charge in [-0.2, -0.15) is 0 Å². The molecule has 0 spiro atoms. The van der Waals surface area contributed by atoms with E-state index in [2.05, 4.69) is 9.72 Å². The molecule has 0 aliphatic heterocycles. The van der Waals surface area contributed by atoms with Crippen LogP contribution in [0.5, 0.6) is 11.5 Å². The molecule has 0 saturated carbocycles. The van der Waals surface area contributed by atoms with Crippen molar-refractivity contribution in [2.45, 2.75) is 6.36 Å². The molecule has 1 N–H and O–H groups in total. The molecule has 2 rings (SSSR count). The summed E-state index contributed by atoms with van der Waals surface area (Å²) in [6, 6.07) is 5.74. The van der Waals surface area contributed by atoms with Crippen molar-refractivity contribution in [3.05, 3.63) is 30.5 Å². The van der Waals surface area contributed by atoms with E-state index in [4.69, 9.17) is 0 Å². The molecule has 0 aliphatic carbocycles. The van der Waals surface area contributed by atoms with Gasteiger partial charge in [0.2, 0.25) is 0 Å². The van der Waals surface area contributed by atoms with E-state index in [9.17, 15) is 18.3 Å². The number of alkyl halides is 3. The van der Waals surface area contributed by atoms with Gasteiger partial charge in [-0.25, -0.2) is 0 Å². The Balaban J connectivity index is 2.62. The zero-order chi connectivity index (χ0) is 11.8. The summed E-state index contributed by atoms with van der Waals surface area (Å²) in [6.45, 7) is 0. The highest BCUT2D eigenvalue weighted by Gasteiger charge is 2.33. The van der Waals surface area contributed by atoms with Crippen LogP contribution < -0.4 is 4.74 Å². The van der Waals surface area contributed by atoms with Crippen LogP contribution in [-0.2, 0) is 0 Å². The molecule has 2 aromatic rings. The van der Waals surface area contributed by atoms with E-state index in [0.29, 0.717) is 5.39 Å². The first-order chi connectivity index (χ1) is 7.47. The van der Waals surface area contributed by atoms with Crippen LogP contribution in [0, 0.1) is 0 Å². The lowest BCUT2D eigenvalue weighted by Crippen LogP contribution is -2.17. The van der Waals surface area contributed by atoms with Crippen molar-refractivity contribution in [2.24, 2.45) is 0 Å². The van der Waals surface area contributed by atoms with E-state index >= 15 is 0 Å². The quantitative estimate of drug-likeness (QED) is 0.817. The smallest absolute Gasteiger partial charge is 0.504 e. The molecular formula is C10H6F3NO2. The Morgan fingerprint density at radius 1 is 1.19 bits per heavy atom. The van der Waals surface area contributed by atoms with Crippen molar-refractivity contribution in [3.63, 3.8) is 0 Å². The predicted octanol–water partition coefficient (Wildman–Crippen LogP) is 2.84. The minimum absolute atomic E-state index is 0.0279. The first kappa shape index (κ1) is 10.5. The Hall–Kier alpha value is -1.98. The number of halogens is 3. The Labute approximate surface area is 88.1 Å². The number of hydrogen-bond donors (Lipinski definition) is 1. The first-order valence-electron chi connectivity index (χ1n) is 4.30. The van der Waals surface area contributed by atoms with E-state index in [-0.39, 0.29) is 5.52 Å². The summed E-state index contributed by atoms with van der Waals surface area (Å²) in [5, 5.41) is 9.76. The van der Waals surface area contributed by atoms with Crippen molar-refractivity contribution in [2.75, 3.05) is 0 Å². The van der Waals surface area contributed by atoms with E-state index in [1.807, 2.05) is 0 Å². The number of aromatic hydroxyl groups is 1. The largest absolute Gasteiger partial charge is 0.573 e. The topological polar surface area (TPSA) is 42.4 Å². The van der Waals surface area contributed by atoms with Crippen LogP contribution in [0.3, 0.4) is 0 Å². The Bertz CT molecular complexity index is 525. The highest BCUT2D eigenvalue weighted by molar-refractivity contribution is 5.86. The maximum atomic E-state index is 12.1. The molecular weight excluding hydrogens is 223 g/mol. The minimum atomic E-state index is -4.86. The van der Waals surface area contributed by atoms with E-state index < -0.39 is 17.9 Å². The molecule has 0 saturated heterocycles. The van der Waals surface area contributed by atoms with Crippen molar-refractivity contribution < 1.29 is 23.0 Å². The molecule has 1 aromatic heterocycles. The van der Waals surface area contributed by atoms with Crippen LogP contribution in [0.1, 0.15) is 0 Å². The Morgan fingerprint density at radius 2 is 1.94 bits per heavy atom. The molecule has 6 heteroatoms. The summed E-state index contributed by atoms with van der Waals surface area (Å²) in [5.41, 5.74) is -0.0279. The van der Waals surface area contributed by atoms with Crippen molar-refractivity contribution in [1.82, 2.24) is 4.98 Å². The van der Waals surface area contributed by atoms with Gasteiger partial charge < -0.3 is 9.84 Å². The van der Waals surface area contributed by atoms with Gasteiger partial charge in [0, 0.05) is 11.6 Å². The number of rotatable bonds is 1. The molecule has 84 valence electrons. The number of phenolic OH excluding ortho intramolecular Hbond substituents is 1. The Morgan fingerprint density at radius 3 is 2.62 bits per heavy atom. The fourth-order valence-electron chi connectivity index (χ4n) is 1.32. The van der Waals surface area contributed by atoms with Crippen molar-refractivity contribution >= 4 is 10.9 Å². The molecule has 0 amide bonds. The molecule has 0 radical (unpaired) electrons. The fourth-order valence-corrected chi connectivity index (χ4v) is 1.32. The number of fused-ring (bicyclic) bond motifs is 1. The second-order valence-corrected chi connectivity index (χ2v) is 3.04. The summed E-state index contributed by atoms with van der Waals surface area (Å²) >= 11 is 0. The summed E-state index contributed by atoms with van der Waals surface area (Å²) in [4.78, 5) is 3.74. The third kappa shape index (κ3) is 2.00. The maximum absolute atomic E-state index is 12.1. The summed E-state index contributed by atoms with van der Waals surface area (Å²) in [7, 11) is 0. The van der Waals surface area contributed by atoms with Crippen LogP contribution in [0.15, 0.2) is 30.5 Å². The fraction of sp³-hybridized carbons (Fsp3) is 0.100. The lowest BCUT2D eigenvalue weighted by atomic mass is 10.2. The number of hydrogen-bond acceptors (Lipinski definition) is 3. The molecule has 0 unspecified atom stereocenters. The number of aromatic nitrogens is 1. The average Bonchev–Trinajstić information content (AvgIpc) is 2.21. The Kier molecular flexibility index (Phi) is 2.34. The third-order valence-electron chi connectivity index (χ3n) is 1.93. The van der Waals surface area contributed by atoms with Crippen LogP contribution >= 0.6 is 0 Å². The standard InChI is InChI=1S/C10H6F3NO2/c11-10(12,13)16-9-7(15)4-3-6-2-1-5-14-8(6)9/h1-5,15H. The summed E-state index contributed by atoms with van der Waals surface area (Å²) in [6.07, 6.45) is -3.53. The molecule has 16 heavy (non-hydrogen) atoms. The minimum Gasteiger partial charge on any atom is -0.504 e. The van der Waals surface area contributed by atoms with E-state index in [0.717, 1.165) is 6.07 Å². The number of nitrogens with zero attached hydrogens (tertiary/aromatic N) is 1. The normalized spacial score (nSPS) is 11.7. The van der Waals surface area contributed by atoms with Gasteiger partial charge in [0.25, 0.3) is 0 Å². The van der Waals surface area contributed by atoms with Gasteiger partial charge >= 0.3 is 6.36 Å². The molecule has 0 aliphatic rings. The van der Waals surface area contributed by atoms with Gasteiger partial charge in [-0.3, -0.25) is 4.98 Å². The maximum Gasteiger partial charge on any atom is 0.573 e. The van der Waals surface area contributed by atoms with Crippen LogP contribution in [0.4, 0.5) is 13.2 Å². The van der Waals surface area contributed by atoms with Gasteiger partial charge in [-0.05, 0) is 18.2 Å². The highest BCUT2D eigenvalue weighted by Crippen LogP contribution is 2.36. The van der Waals surface area contributed by atoms with Gasteiger partial charge in [0.15, 0.2) is 11.5 Å². The first-order valence-corrected chi connectivity index (χ1v) is 4.30. The van der Waals surface area contributed by atoms with Gasteiger partial charge in [-0.1, -0.05) is 6.07 Å². The predicted molar refractivity (Wildman–Crippen MR) is 50.1 cm³/mol. The van der Waals surface area contributed by atoms with Gasteiger partial charge in [0.05, 0.1) is 0 Å². The van der Waals surface area contributed by atoms with E-state index in [1.54, 1.807) is 12.1 Å². The lowest BCUT2D eigenvalue weighted by Gasteiger charge is -2.11. The van der Waals surface area contributed by atoms with Gasteiger partial charge in [-0.15, -0.1) is 13.2 Å². The average molecular weight is 229 g/mol. The number of phenols is 1. The number of benzene rings is 1. The molecule has 0 bridgehead atoms. The van der Waals surface area contributed by atoms with Crippen LogP contribution in [0.2, 0.25) is 0 Å². The van der Waals surface area contributed by atoms with Crippen molar-refractivity contribution in [3.8, 4) is 11.5 Å². The number of ether oxygens (including phenoxy) is 1. The zero-order valence-corrected chi connectivity index (χ0v) is 7.82. The zero-order valence-electron chi connectivity index (χ0n) is 7.82. The highest BCUT2D eigenvalue weighted by atomic mass is 19.4. The SMILES string of the molecule is Oc1ccc2cccnc2c1OC(F)(F)F. The molecule has 1 aromatic carbocycles. The number of pyridine rings is 1.